The van der Waals surface area contributed by atoms with Gasteiger partial charge in [0.15, 0.2) is 0 Å². The zero-order chi connectivity index (χ0) is 16.4. The minimum Gasteiger partial charge on any atom is -0.373 e. The lowest BCUT2D eigenvalue weighted by molar-refractivity contribution is -0.200. The topological polar surface area (TPSA) is 34.6 Å². The summed E-state index contributed by atoms with van der Waals surface area (Å²) in [4.78, 5) is 8.02. The van der Waals surface area contributed by atoms with Crippen LogP contribution in [0.1, 0.15) is 28.8 Å². The average molecular weight is 344 g/mol. The van der Waals surface area contributed by atoms with E-state index in [1.807, 2.05) is 35.9 Å². The van der Waals surface area contributed by atoms with E-state index in [1.165, 1.54) is 16.0 Å². The number of hydrogen-bond donors (Lipinski definition) is 0. The van der Waals surface area contributed by atoms with Crippen molar-refractivity contribution >= 4 is 11.3 Å². The van der Waals surface area contributed by atoms with E-state index in [0.29, 0.717) is 12.7 Å². The van der Waals surface area contributed by atoms with Crippen molar-refractivity contribution in [3.63, 3.8) is 0 Å². The normalized spacial score (nSPS) is 23.3. The van der Waals surface area contributed by atoms with E-state index in [-0.39, 0.29) is 5.60 Å². The second-order valence-corrected chi connectivity index (χ2v) is 7.99. The van der Waals surface area contributed by atoms with Gasteiger partial charge in [0, 0.05) is 49.9 Å². The number of pyridine rings is 1. The molecule has 0 bridgehead atoms. The Morgan fingerprint density at radius 1 is 1.33 bits per heavy atom. The number of hydrogen-bond acceptors (Lipinski definition) is 5. The first-order valence-electron chi connectivity index (χ1n) is 8.62. The highest BCUT2D eigenvalue weighted by Crippen LogP contribution is 2.37. The van der Waals surface area contributed by atoms with Gasteiger partial charge in [-0.15, -0.1) is 11.3 Å². The summed E-state index contributed by atoms with van der Waals surface area (Å²) in [6.07, 6.45) is 5.95. The van der Waals surface area contributed by atoms with Gasteiger partial charge >= 0.3 is 0 Å². The van der Waals surface area contributed by atoms with Crippen LogP contribution in [-0.4, -0.2) is 41.3 Å². The lowest BCUT2D eigenvalue weighted by atomic mass is 9.84. The maximum atomic E-state index is 6.14. The highest BCUT2D eigenvalue weighted by molar-refractivity contribution is 7.10. The summed E-state index contributed by atoms with van der Waals surface area (Å²) in [5.74, 6) is 0. The molecule has 2 fully saturated rings. The van der Waals surface area contributed by atoms with Crippen molar-refractivity contribution in [2.75, 3.05) is 19.7 Å². The third kappa shape index (κ3) is 3.54. The van der Waals surface area contributed by atoms with Crippen LogP contribution in [0.2, 0.25) is 0 Å². The van der Waals surface area contributed by atoms with Gasteiger partial charge in [0.2, 0.25) is 0 Å². The Morgan fingerprint density at radius 3 is 2.92 bits per heavy atom. The van der Waals surface area contributed by atoms with E-state index >= 15 is 0 Å². The molecule has 0 radical (unpaired) electrons. The molecule has 4 rings (SSSR count). The number of aromatic nitrogens is 1. The molecule has 2 aromatic heterocycles. The molecule has 1 spiro atoms. The maximum Gasteiger partial charge on any atom is 0.0959 e. The molecule has 0 saturated carbocycles. The molecule has 0 amide bonds. The Balaban J connectivity index is 1.27. The smallest absolute Gasteiger partial charge is 0.0959 e. The van der Waals surface area contributed by atoms with Crippen molar-refractivity contribution in [2.24, 2.45) is 0 Å². The number of ether oxygens (including phenoxy) is 2. The van der Waals surface area contributed by atoms with Gasteiger partial charge in [-0.25, -0.2) is 0 Å². The number of aryl methyl sites for hydroxylation is 1. The van der Waals surface area contributed by atoms with Crippen molar-refractivity contribution in [3.05, 3.63) is 52.0 Å². The summed E-state index contributed by atoms with van der Waals surface area (Å²) in [6.45, 7) is 6.78. The quantitative estimate of drug-likeness (QED) is 0.833. The van der Waals surface area contributed by atoms with E-state index in [1.54, 1.807) is 0 Å². The number of thiophene rings is 1. The summed E-state index contributed by atoms with van der Waals surface area (Å²) in [5, 5.41) is 2.18. The highest BCUT2D eigenvalue weighted by Gasteiger charge is 2.47. The summed E-state index contributed by atoms with van der Waals surface area (Å²) in [6, 6.07) is 6.24. The summed E-state index contributed by atoms with van der Waals surface area (Å²) in [5.41, 5.74) is 2.62. The number of likely N-dealkylation sites (tertiary alicyclic amines) is 1. The molecular formula is C19H24N2O2S. The fourth-order valence-electron chi connectivity index (χ4n) is 3.69. The lowest BCUT2D eigenvalue weighted by Crippen LogP contribution is -2.65. The second-order valence-electron chi connectivity index (χ2n) is 6.98. The predicted molar refractivity (Wildman–Crippen MR) is 95.1 cm³/mol. The minimum atomic E-state index is 0.0202. The zero-order valence-corrected chi connectivity index (χ0v) is 14.9. The van der Waals surface area contributed by atoms with Crippen LogP contribution in [0.15, 0.2) is 36.0 Å². The molecule has 2 aromatic rings. The van der Waals surface area contributed by atoms with Crippen molar-refractivity contribution < 1.29 is 9.47 Å². The first-order valence-corrected chi connectivity index (χ1v) is 9.50. The van der Waals surface area contributed by atoms with Gasteiger partial charge in [-0.05, 0) is 48.1 Å². The molecule has 2 aliphatic rings. The van der Waals surface area contributed by atoms with Crippen LogP contribution in [-0.2, 0) is 22.6 Å². The Hall–Kier alpha value is -1.27. The van der Waals surface area contributed by atoms with E-state index < -0.39 is 0 Å². The van der Waals surface area contributed by atoms with Crippen LogP contribution in [0.5, 0.6) is 0 Å². The summed E-state index contributed by atoms with van der Waals surface area (Å²) < 4.78 is 12.3. The Bertz CT molecular complexity index is 667. The SMILES string of the molecule is Cc1ccsc1CN1CC2(C[C@H](OCc3ccncc3)CCO2)C1. The van der Waals surface area contributed by atoms with Crippen molar-refractivity contribution in [3.8, 4) is 0 Å². The fourth-order valence-corrected chi connectivity index (χ4v) is 4.64. The Labute approximate surface area is 147 Å². The maximum absolute atomic E-state index is 6.14. The Morgan fingerprint density at radius 2 is 2.17 bits per heavy atom. The van der Waals surface area contributed by atoms with Crippen molar-refractivity contribution in [1.82, 2.24) is 9.88 Å². The van der Waals surface area contributed by atoms with Crippen LogP contribution < -0.4 is 0 Å². The molecule has 2 saturated heterocycles. The van der Waals surface area contributed by atoms with Crippen LogP contribution in [0.3, 0.4) is 0 Å². The van der Waals surface area contributed by atoms with Gasteiger partial charge < -0.3 is 9.47 Å². The summed E-state index contributed by atoms with van der Waals surface area (Å²) >= 11 is 1.86. The molecule has 5 heteroatoms. The van der Waals surface area contributed by atoms with Crippen LogP contribution in [0.4, 0.5) is 0 Å². The molecule has 4 nitrogen and oxygen atoms in total. The third-order valence-corrected chi connectivity index (χ3v) is 6.05. The number of nitrogens with zero attached hydrogens (tertiary/aromatic N) is 2. The van der Waals surface area contributed by atoms with Gasteiger partial charge in [0.05, 0.1) is 18.3 Å². The fraction of sp³-hybridized carbons (Fsp3) is 0.526. The Kier molecular flexibility index (Phi) is 4.68. The van der Waals surface area contributed by atoms with Crippen LogP contribution in [0.25, 0.3) is 0 Å². The summed E-state index contributed by atoms with van der Waals surface area (Å²) in [7, 11) is 0. The first-order chi connectivity index (χ1) is 11.7. The van der Waals surface area contributed by atoms with Gasteiger partial charge in [0.25, 0.3) is 0 Å². The molecule has 2 aliphatic heterocycles. The monoisotopic (exact) mass is 344 g/mol. The standard InChI is InChI=1S/C19H24N2O2S/c1-15-5-9-24-18(15)11-21-13-19(14-21)10-17(4-8-23-19)22-12-16-2-6-20-7-3-16/h2-3,5-7,9,17H,4,8,10-14H2,1H3/t17-/m1/s1. The second kappa shape index (κ2) is 6.92. The molecule has 0 unspecified atom stereocenters. The van der Waals surface area contributed by atoms with E-state index in [2.05, 4.69) is 28.3 Å². The molecule has 0 aromatic carbocycles. The van der Waals surface area contributed by atoms with Gasteiger partial charge in [-0.2, -0.15) is 0 Å². The van der Waals surface area contributed by atoms with E-state index in [9.17, 15) is 0 Å². The molecule has 4 heterocycles. The van der Waals surface area contributed by atoms with E-state index in [4.69, 9.17) is 9.47 Å². The van der Waals surface area contributed by atoms with Crippen molar-refractivity contribution in [1.29, 1.82) is 0 Å². The predicted octanol–water partition coefficient (Wildman–Crippen LogP) is 3.40. The molecule has 0 N–H and O–H groups in total. The first kappa shape index (κ1) is 16.2. The molecule has 1 atom stereocenters. The third-order valence-electron chi connectivity index (χ3n) is 5.04. The molecule has 0 aliphatic carbocycles. The lowest BCUT2D eigenvalue weighted by Gasteiger charge is -2.53. The van der Waals surface area contributed by atoms with Crippen LogP contribution >= 0.6 is 11.3 Å². The van der Waals surface area contributed by atoms with Gasteiger partial charge in [-0.1, -0.05) is 0 Å². The van der Waals surface area contributed by atoms with Crippen molar-refractivity contribution in [2.45, 2.75) is 44.6 Å². The minimum absolute atomic E-state index is 0.0202. The average Bonchev–Trinajstić information content (AvgIpc) is 2.98. The van der Waals surface area contributed by atoms with Crippen LogP contribution in [0, 0.1) is 6.92 Å². The van der Waals surface area contributed by atoms with Gasteiger partial charge in [0.1, 0.15) is 0 Å². The highest BCUT2D eigenvalue weighted by atomic mass is 32.1. The number of rotatable bonds is 5. The largest absolute Gasteiger partial charge is 0.373 e. The van der Waals surface area contributed by atoms with E-state index in [0.717, 1.165) is 39.1 Å². The molecule has 128 valence electrons. The molecular weight excluding hydrogens is 320 g/mol. The van der Waals surface area contributed by atoms with Gasteiger partial charge in [-0.3, -0.25) is 9.88 Å². The molecule has 24 heavy (non-hydrogen) atoms. The zero-order valence-electron chi connectivity index (χ0n) is 14.1.